The number of carbonyl (C=O) groups excluding carboxylic acids is 2. The van der Waals surface area contributed by atoms with Crippen molar-refractivity contribution < 1.29 is 19.1 Å². The molecule has 3 N–H and O–H groups in total. The Morgan fingerprint density at radius 2 is 1.92 bits per heavy atom. The number of amides is 3. The lowest BCUT2D eigenvalue weighted by Crippen LogP contribution is -2.47. The molecule has 3 amide bonds. The van der Waals surface area contributed by atoms with Crippen molar-refractivity contribution >= 4 is 11.9 Å². The van der Waals surface area contributed by atoms with E-state index in [4.69, 9.17) is 15.2 Å². The quantitative estimate of drug-likeness (QED) is 0.815. The second-order valence-electron chi connectivity index (χ2n) is 5.89. The van der Waals surface area contributed by atoms with Crippen molar-refractivity contribution in [2.75, 3.05) is 33.9 Å². The largest absolute Gasteiger partial charge is 0.497 e. The smallest absolute Gasteiger partial charge is 0.314 e. The summed E-state index contributed by atoms with van der Waals surface area (Å²) >= 11 is 0. The van der Waals surface area contributed by atoms with Gasteiger partial charge in [-0.05, 0) is 37.0 Å². The van der Waals surface area contributed by atoms with Crippen molar-refractivity contribution in [1.29, 1.82) is 0 Å². The number of hydrogen-bond donors (Lipinski definition) is 2. The summed E-state index contributed by atoms with van der Waals surface area (Å²) in [5.41, 5.74) is 6.31. The van der Waals surface area contributed by atoms with Gasteiger partial charge in [0.2, 0.25) is 5.91 Å². The normalized spacial score (nSPS) is 17.2. The van der Waals surface area contributed by atoms with Crippen molar-refractivity contribution in [3.05, 3.63) is 23.8 Å². The summed E-state index contributed by atoms with van der Waals surface area (Å²) in [6.07, 6.45) is 2.25. The fraction of sp³-hybridized carbons (Fsp3) is 0.529. The summed E-state index contributed by atoms with van der Waals surface area (Å²) in [6.45, 7) is 1.54. The van der Waals surface area contributed by atoms with Gasteiger partial charge < -0.3 is 25.4 Å². The standard InChI is InChI=1S/C17H25N3O4/c1-23-14-8-12(9-15(10-14)24-2)5-6-19-16(21)13-4-3-7-20(11-13)17(18)22/h8-10,13H,3-7,11H2,1-2H3,(H2,18,22)(H,19,21)/t13-/m0/s1. The number of rotatable bonds is 6. The highest BCUT2D eigenvalue weighted by atomic mass is 16.5. The van der Waals surface area contributed by atoms with E-state index in [0.717, 1.165) is 29.9 Å². The van der Waals surface area contributed by atoms with Crippen LogP contribution in [0.2, 0.25) is 0 Å². The molecule has 0 aromatic heterocycles. The number of methoxy groups -OCH3 is 2. The number of likely N-dealkylation sites (tertiary alicyclic amines) is 1. The minimum Gasteiger partial charge on any atom is -0.497 e. The van der Waals surface area contributed by atoms with Gasteiger partial charge in [-0.1, -0.05) is 0 Å². The second kappa shape index (κ2) is 8.42. The van der Waals surface area contributed by atoms with E-state index in [2.05, 4.69) is 5.32 Å². The van der Waals surface area contributed by atoms with Gasteiger partial charge in [0, 0.05) is 25.7 Å². The number of hydrogen-bond acceptors (Lipinski definition) is 4. The van der Waals surface area contributed by atoms with Gasteiger partial charge in [0.05, 0.1) is 20.1 Å². The predicted molar refractivity (Wildman–Crippen MR) is 90.1 cm³/mol. The van der Waals surface area contributed by atoms with Gasteiger partial charge in [-0.25, -0.2) is 4.79 Å². The molecule has 1 saturated heterocycles. The minimum absolute atomic E-state index is 0.0317. The van der Waals surface area contributed by atoms with Crippen LogP contribution in [0.4, 0.5) is 4.79 Å². The molecule has 1 aromatic rings. The van der Waals surface area contributed by atoms with Crippen LogP contribution < -0.4 is 20.5 Å². The number of carbonyl (C=O) groups is 2. The van der Waals surface area contributed by atoms with E-state index in [9.17, 15) is 9.59 Å². The third-order valence-electron chi connectivity index (χ3n) is 4.23. The number of benzene rings is 1. The highest BCUT2D eigenvalue weighted by Gasteiger charge is 2.27. The first-order valence-electron chi connectivity index (χ1n) is 8.07. The fourth-order valence-corrected chi connectivity index (χ4v) is 2.88. The maximum atomic E-state index is 12.3. The molecule has 0 saturated carbocycles. The molecule has 1 aliphatic heterocycles. The van der Waals surface area contributed by atoms with Crippen LogP contribution in [0.15, 0.2) is 18.2 Å². The number of nitrogens with one attached hydrogen (secondary N) is 1. The molecule has 1 aromatic carbocycles. The fourth-order valence-electron chi connectivity index (χ4n) is 2.88. The van der Waals surface area contributed by atoms with Gasteiger partial charge in [-0.3, -0.25) is 4.79 Å². The van der Waals surface area contributed by atoms with E-state index >= 15 is 0 Å². The summed E-state index contributed by atoms with van der Waals surface area (Å²) in [5, 5.41) is 2.94. The lowest BCUT2D eigenvalue weighted by atomic mass is 9.97. The van der Waals surface area contributed by atoms with Crippen LogP contribution in [-0.4, -0.2) is 50.7 Å². The van der Waals surface area contributed by atoms with E-state index in [1.165, 1.54) is 4.90 Å². The number of ether oxygens (including phenoxy) is 2. The maximum Gasteiger partial charge on any atom is 0.314 e. The Morgan fingerprint density at radius 3 is 2.50 bits per heavy atom. The third-order valence-corrected chi connectivity index (χ3v) is 4.23. The highest BCUT2D eigenvalue weighted by molar-refractivity contribution is 5.80. The minimum atomic E-state index is -0.462. The van der Waals surface area contributed by atoms with Crippen molar-refractivity contribution in [3.63, 3.8) is 0 Å². The lowest BCUT2D eigenvalue weighted by Gasteiger charge is -2.30. The number of nitrogens with two attached hydrogens (primary N) is 1. The Hall–Kier alpha value is -2.44. The van der Waals surface area contributed by atoms with Crippen LogP contribution in [0.25, 0.3) is 0 Å². The predicted octanol–water partition coefficient (Wildman–Crippen LogP) is 1.15. The van der Waals surface area contributed by atoms with Gasteiger partial charge in [-0.2, -0.15) is 0 Å². The molecule has 1 atom stereocenters. The Bertz CT molecular complexity index is 569. The zero-order valence-corrected chi connectivity index (χ0v) is 14.2. The van der Waals surface area contributed by atoms with Gasteiger partial charge in [0.15, 0.2) is 0 Å². The summed E-state index contributed by atoms with van der Waals surface area (Å²) < 4.78 is 10.5. The van der Waals surface area contributed by atoms with Crippen molar-refractivity contribution in [3.8, 4) is 11.5 Å². The molecule has 1 fully saturated rings. The molecular formula is C17H25N3O4. The zero-order valence-electron chi connectivity index (χ0n) is 14.2. The van der Waals surface area contributed by atoms with Crippen molar-refractivity contribution in [2.45, 2.75) is 19.3 Å². The third kappa shape index (κ3) is 4.78. The van der Waals surface area contributed by atoms with Crippen LogP contribution in [-0.2, 0) is 11.2 Å². The van der Waals surface area contributed by atoms with Crippen LogP contribution in [0.5, 0.6) is 11.5 Å². The molecule has 132 valence electrons. The molecule has 0 spiro atoms. The molecular weight excluding hydrogens is 310 g/mol. The molecule has 0 bridgehead atoms. The van der Waals surface area contributed by atoms with Crippen molar-refractivity contribution in [1.82, 2.24) is 10.2 Å². The first kappa shape index (κ1) is 17.9. The number of nitrogens with zero attached hydrogens (tertiary/aromatic N) is 1. The van der Waals surface area contributed by atoms with E-state index < -0.39 is 6.03 Å². The van der Waals surface area contributed by atoms with Gasteiger partial charge in [0.1, 0.15) is 11.5 Å². The summed E-state index contributed by atoms with van der Waals surface area (Å²) in [4.78, 5) is 25.0. The summed E-state index contributed by atoms with van der Waals surface area (Å²) in [7, 11) is 3.21. The van der Waals surface area contributed by atoms with Gasteiger partial charge in [0.25, 0.3) is 0 Å². The first-order chi connectivity index (χ1) is 11.5. The molecule has 0 aliphatic carbocycles. The molecule has 7 heteroatoms. The van der Waals surface area contributed by atoms with E-state index in [-0.39, 0.29) is 11.8 Å². The molecule has 0 radical (unpaired) electrons. The van der Waals surface area contributed by atoms with Crippen LogP contribution in [0.1, 0.15) is 18.4 Å². The number of primary amides is 1. The first-order valence-corrected chi connectivity index (χ1v) is 8.07. The van der Waals surface area contributed by atoms with E-state index in [1.54, 1.807) is 14.2 Å². The zero-order chi connectivity index (χ0) is 17.5. The van der Waals surface area contributed by atoms with Crippen LogP contribution in [0.3, 0.4) is 0 Å². The molecule has 7 nitrogen and oxygen atoms in total. The van der Waals surface area contributed by atoms with Crippen LogP contribution >= 0.6 is 0 Å². The SMILES string of the molecule is COc1cc(CCNC(=O)[C@H]2CCCN(C(N)=O)C2)cc(OC)c1. The molecule has 2 rings (SSSR count). The summed E-state index contributed by atoms with van der Waals surface area (Å²) in [5.74, 6) is 1.22. The highest BCUT2D eigenvalue weighted by Crippen LogP contribution is 2.22. The molecule has 0 unspecified atom stereocenters. The number of piperidine rings is 1. The average Bonchev–Trinajstić information content (AvgIpc) is 2.61. The van der Waals surface area contributed by atoms with Gasteiger partial charge >= 0.3 is 6.03 Å². The number of urea groups is 1. The lowest BCUT2D eigenvalue weighted by molar-refractivity contribution is -0.126. The monoisotopic (exact) mass is 335 g/mol. The topological polar surface area (TPSA) is 93.9 Å². The Labute approximate surface area is 142 Å². The Balaban J connectivity index is 1.85. The van der Waals surface area contributed by atoms with Crippen LogP contribution in [0, 0.1) is 5.92 Å². The average molecular weight is 335 g/mol. The Morgan fingerprint density at radius 1 is 1.25 bits per heavy atom. The maximum absolute atomic E-state index is 12.3. The van der Waals surface area contributed by atoms with E-state index in [1.807, 2.05) is 18.2 Å². The van der Waals surface area contributed by atoms with Crippen molar-refractivity contribution in [2.24, 2.45) is 11.7 Å². The van der Waals surface area contributed by atoms with Gasteiger partial charge in [-0.15, -0.1) is 0 Å². The molecule has 1 heterocycles. The summed E-state index contributed by atoms with van der Waals surface area (Å²) in [6, 6.07) is 5.19. The Kier molecular flexibility index (Phi) is 6.28. The second-order valence-corrected chi connectivity index (χ2v) is 5.89. The van der Waals surface area contributed by atoms with E-state index in [0.29, 0.717) is 26.1 Å². The molecule has 24 heavy (non-hydrogen) atoms. The molecule has 1 aliphatic rings.